The lowest BCUT2D eigenvalue weighted by molar-refractivity contribution is 0.0891. The van der Waals surface area contributed by atoms with E-state index in [1.54, 1.807) is 6.07 Å². The average Bonchev–Trinajstić information content (AvgIpc) is 2.81. The first-order chi connectivity index (χ1) is 8.93. The van der Waals surface area contributed by atoms with Crippen molar-refractivity contribution in [3.05, 3.63) is 17.5 Å². The Morgan fingerprint density at radius 1 is 1.42 bits per heavy atom. The lowest BCUT2D eigenvalue weighted by atomic mass is 10.1. The van der Waals surface area contributed by atoms with Crippen molar-refractivity contribution >= 4 is 5.91 Å². The van der Waals surface area contributed by atoms with E-state index in [-0.39, 0.29) is 24.5 Å². The zero-order valence-corrected chi connectivity index (χ0v) is 12.2. The largest absolute Gasteiger partial charge is 0.394 e. The van der Waals surface area contributed by atoms with Crippen LogP contribution in [0.3, 0.4) is 0 Å². The third kappa shape index (κ3) is 5.03. The fourth-order valence-corrected chi connectivity index (χ4v) is 1.72. The fourth-order valence-electron chi connectivity index (χ4n) is 1.72. The van der Waals surface area contributed by atoms with Crippen LogP contribution in [0.4, 0.5) is 0 Å². The summed E-state index contributed by atoms with van der Waals surface area (Å²) in [5.41, 5.74) is 1.36. The number of nitrogens with zero attached hydrogens (tertiary/aromatic N) is 1. The van der Waals surface area contributed by atoms with Crippen molar-refractivity contribution in [2.45, 2.75) is 46.6 Å². The Kier molecular flexibility index (Phi) is 6.02. The van der Waals surface area contributed by atoms with Gasteiger partial charge in [-0.05, 0) is 30.7 Å². The Bertz CT molecular complexity index is 399. The minimum Gasteiger partial charge on any atom is -0.394 e. The van der Waals surface area contributed by atoms with Gasteiger partial charge in [-0.1, -0.05) is 27.7 Å². The van der Waals surface area contributed by atoms with Gasteiger partial charge in [-0.3, -0.25) is 9.89 Å². The molecule has 0 saturated heterocycles. The number of H-pyrrole nitrogens is 1. The van der Waals surface area contributed by atoms with Gasteiger partial charge in [-0.25, -0.2) is 0 Å². The second-order valence-electron chi connectivity index (χ2n) is 5.72. The van der Waals surface area contributed by atoms with Gasteiger partial charge < -0.3 is 10.4 Å². The van der Waals surface area contributed by atoms with Gasteiger partial charge in [-0.2, -0.15) is 5.10 Å². The molecule has 1 aromatic rings. The van der Waals surface area contributed by atoms with E-state index in [1.807, 2.05) is 13.8 Å². The van der Waals surface area contributed by atoms with Gasteiger partial charge in [0, 0.05) is 5.69 Å². The first kappa shape index (κ1) is 15.7. The van der Waals surface area contributed by atoms with Crippen LogP contribution in [-0.2, 0) is 6.42 Å². The molecule has 0 aliphatic carbocycles. The molecular formula is C14H25N3O2. The molecule has 0 spiro atoms. The molecule has 5 heteroatoms. The van der Waals surface area contributed by atoms with Gasteiger partial charge in [0.05, 0.1) is 12.6 Å². The van der Waals surface area contributed by atoms with Crippen molar-refractivity contribution < 1.29 is 9.90 Å². The van der Waals surface area contributed by atoms with Crippen molar-refractivity contribution in [3.8, 4) is 0 Å². The molecule has 1 heterocycles. The number of aliphatic hydroxyl groups is 1. The first-order valence-corrected chi connectivity index (χ1v) is 6.90. The maximum atomic E-state index is 12.0. The number of aromatic amines is 1. The predicted octanol–water partition coefficient (Wildman–Crippen LogP) is 1.74. The van der Waals surface area contributed by atoms with Crippen LogP contribution in [0.15, 0.2) is 6.07 Å². The van der Waals surface area contributed by atoms with Crippen molar-refractivity contribution in [3.63, 3.8) is 0 Å². The second kappa shape index (κ2) is 7.28. The van der Waals surface area contributed by atoms with Crippen LogP contribution in [0.5, 0.6) is 0 Å². The third-order valence-corrected chi connectivity index (χ3v) is 3.17. The second-order valence-corrected chi connectivity index (χ2v) is 5.72. The predicted molar refractivity (Wildman–Crippen MR) is 74.9 cm³/mol. The highest BCUT2D eigenvalue weighted by Gasteiger charge is 2.18. The summed E-state index contributed by atoms with van der Waals surface area (Å²) < 4.78 is 0. The molecule has 1 atom stereocenters. The number of aromatic nitrogens is 2. The van der Waals surface area contributed by atoms with E-state index in [4.69, 9.17) is 0 Å². The monoisotopic (exact) mass is 267 g/mol. The Morgan fingerprint density at radius 3 is 2.63 bits per heavy atom. The highest BCUT2D eigenvalue weighted by Crippen LogP contribution is 2.09. The van der Waals surface area contributed by atoms with Crippen LogP contribution in [0.1, 0.15) is 50.3 Å². The Morgan fingerprint density at radius 2 is 2.11 bits per heavy atom. The topological polar surface area (TPSA) is 78.0 Å². The van der Waals surface area contributed by atoms with Gasteiger partial charge >= 0.3 is 0 Å². The van der Waals surface area contributed by atoms with Crippen molar-refractivity contribution in [2.75, 3.05) is 6.61 Å². The van der Waals surface area contributed by atoms with Crippen LogP contribution in [0.25, 0.3) is 0 Å². The summed E-state index contributed by atoms with van der Waals surface area (Å²) >= 11 is 0. The average molecular weight is 267 g/mol. The molecule has 0 saturated carbocycles. The molecular weight excluding hydrogens is 242 g/mol. The lowest BCUT2D eigenvalue weighted by Crippen LogP contribution is -2.41. The van der Waals surface area contributed by atoms with E-state index in [0.717, 1.165) is 18.5 Å². The molecule has 0 radical (unpaired) electrons. The van der Waals surface area contributed by atoms with Crippen molar-refractivity contribution in [2.24, 2.45) is 11.8 Å². The van der Waals surface area contributed by atoms with Crippen LogP contribution in [-0.4, -0.2) is 33.9 Å². The third-order valence-electron chi connectivity index (χ3n) is 3.17. The van der Waals surface area contributed by atoms with E-state index in [9.17, 15) is 9.90 Å². The molecule has 1 aromatic heterocycles. The molecule has 1 rings (SSSR count). The molecule has 19 heavy (non-hydrogen) atoms. The smallest absolute Gasteiger partial charge is 0.272 e. The lowest BCUT2D eigenvalue weighted by Gasteiger charge is -2.18. The maximum absolute atomic E-state index is 12.0. The van der Waals surface area contributed by atoms with E-state index in [2.05, 4.69) is 29.4 Å². The number of nitrogens with one attached hydrogen (secondary N) is 2. The standard InChI is InChI=1S/C14H25N3O2/c1-9(2)5-6-11-7-12(17-16-11)14(19)15-13(8-18)10(3)4/h7,9-10,13,18H,5-6,8H2,1-4H3,(H,15,19)(H,16,17)/t13-/m1/s1. The van der Waals surface area contributed by atoms with Crippen LogP contribution in [0, 0.1) is 11.8 Å². The quantitative estimate of drug-likeness (QED) is 0.704. The summed E-state index contributed by atoms with van der Waals surface area (Å²) in [5.74, 6) is 0.577. The summed E-state index contributed by atoms with van der Waals surface area (Å²) in [7, 11) is 0. The van der Waals surface area contributed by atoms with Crippen LogP contribution < -0.4 is 5.32 Å². The molecule has 1 amide bonds. The zero-order valence-electron chi connectivity index (χ0n) is 12.2. The minimum absolute atomic E-state index is 0.0615. The van der Waals surface area contributed by atoms with E-state index in [1.165, 1.54) is 0 Å². The van der Waals surface area contributed by atoms with Gasteiger partial charge in [0.2, 0.25) is 0 Å². The highest BCUT2D eigenvalue weighted by atomic mass is 16.3. The molecule has 108 valence electrons. The molecule has 0 aliphatic rings. The summed E-state index contributed by atoms with van der Waals surface area (Å²) in [6.45, 7) is 8.19. The highest BCUT2D eigenvalue weighted by molar-refractivity contribution is 5.92. The van der Waals surface area contributed by atoms with Gasteiger partial charge in [0.15, 0.2) is 0 Å². The normalized spacial score (nSPS) is 13.0. The van der Waals surface area contributed by atoms with Crippen molar-refractivity contribution in [1.82, 2.24) is 15.5 Å². The van der Waals surface area contributed by atoms with Crippen molar-refractivity contribution in [1.29, 1.82) is 0 Å². The Balaban J connectivity index is 2.58. The molecule has 0 unspecified atom stereocenters. The van der Waals surface area contributed by atoms with E-state index < -0.39 is 0 Å². The SMILES string of the molecule is CC(C)CCc1cc(C(=O)N[C@H](CO)C(C)C)n[nH]1. The molecule has 5 nitrogen and oxygen atoms in total. The Labute approximate surface area is 114 Å². The molecule has 0 bridgehead atoms. The number of rotatable bonds is 7. The number of carbonyl (C=O) groups excluding carboxylic acids is 1. The maximum Gasteiger partial charge on any atom is 0.272 e. The van der Waals surface area contributed by atoms with E-state index in [0.29, 0.717) is 11.6 Å². The number of hydrogen-bond donors (Lipinski definition) is 3. The number of hydrogen-bond acceptors (Lipinski definition) is 3. The Hall–Kier alpha value is -1.36. The number of amides is 1. The number of aliphatic hydroxyl groups excluding tert-OH is 1. The fraction of sp³-hybridized carbons (Fsp3) is 0.714. The van der Waals surface area contributed by atoms with E-state index >= 15 is 0 Å². The molecule has 3 N–H and O–H groups in total. The first-order valence-electron chi connectivity index (χ1n) is 6.90. The summed E-state index contributed by atoms with van der Waals surface area (Å²) in [6.07, 6.45) is 1.96. The zero-order chi connectivity index (χ0) is 14.4. The van der Waals surface area contributed by atoms with Gasteiger partial charge in [-0.15, -0.1) is 0 Å². The summed E-state index contributed by atoms with van der Waals surface area (Å²) in [4.78, 5) is 12.0. The van der Waals surface area contributed by atoms with Gasteiger partial charge in [0.25, 0.3) is 5.91 Å². The van der Waals surface area contributed by atoms with Crippen LogP contribution >= 0.6 is 0 Å². The number of carbonyl (C=O) groups is 1. The summed E-state index contributed by atoms with van der Waals surface area (Å²) in [6, 6.07) is 1.55. The minimum atomic E-state index is -0.236. The van der Waals surface area contributed by atoms with Crippen LogP contribution in [0.2, 0.25) is 0 Å². The summed E-state index contributed by atoms with van der Waals surface area (Å²) in [5, 5.41) is 18.9. The van der Waals surface area contributed by atoms with Gasteiger partial charge in [0.1, 0.15) is 5.69 Å². The molecule has 0 fully saturated rings. The molecule has 0 aromatic carbocycles. The molecule has 0 aliphatic heterocycles. The number of aryl methyl sites for hydroxylation is 1.